The van der Waals surface area contributed by atoms with Crippen LogP contribution < -0.4 is 15.2 Å². The highest BCUT2D eigenvalue weighted by molar-refractivity contribution is 6.08. The number of nitro groups is 1. The largest absolute Gasteiger partial charge is 0.496 e. The summed E-state index contributed by atoms with van der Waals surface area (Å²) >= 11 is 0. The lowest BCUT2D eigenvalue weighted by atomic mass is 10.0. The van der Waals surface area contributed by atoms with Gasteiger partial charge in [0.2, 0.25) is 0 Å². The van der Waals surface area contributed by atoms with Crippen molar-refractivity contribution in [2.24, 2.45) is 0 Å². The van der Waals surface area contributed by atoms with E-state index in [-0.39, 0.29) is 10.6 Å². The summed E-state index contributed by atoms with van der Waals surface area (Å²) in [4.78, 5) is 10.8. The van der Waals surface area contributed by atoms with Gasteiger partial charge in [0.25, 0.3) is 5.69 Å². The molecule has 0 bridgehead atoms. The van der Waals surface area contributed by atoms with Crippen molar-refractivity contribution in [1.29, 1.82) is 0 Å². The van der Waals surface area contributed by atoms with Gasteiger partial charge < -0.3 is 19.9 Å². The number of hydrogen-bond acceptors (Lipinski definition) is 6. The molecule has 7 heteroatoms. The number of nitrogen functional groups attached to an aromatic ring is 1. The molecular formula is C46H40N2O5. The van der Waals surface area contributed by atoms with E-state index in [1.807, 2.05) is 84.9 Å². The highest BCUT2D eigenvalue weighted by Crippen LogP contribution is 2.47. The van der Waals surface area contributed by atoms with Gasteiger partial charge in [0.05, 0.1) is 19.1 Å². The Hall–Kier alpha value is -6.44. The highest BCUT2D eigenvalue weighted by Gasteiger charge is 2.26. The number of fused-ring (bicyclic) bond motifs is 6. The van der Waals surface area contributed by atoms with Crippen molar-refractivity contribution in [2.75, 3.05) is 33.2 Å². The Morgan fingerprint density at radius 3 is 1.47 bits per heavy atom. The third kappa shape index (κ3) is 7.34. The van der Waals surface area contributed by atoms with Gasteiger partial charge >= 0.3 is 0 Å². The Kier molecular flexibility index (Phi) is 10.5. The molecule has 0 spiro atoms. The predicted molar refractivity (Wildman–Crippen MR) is 215 cm³/mol. The number of benzene rings is 6. The Balaban J connectivity index is 0.000000145. The SMILES string of the molecule is C1CCOC1.COc1ccccc1C=C1c2ccccc2-c2ccc(N)cc21.COc1ccccc1C=C1c2ccccc2-c2ccc([N+](=O)[O-])cc21. The molecular weight excluding hydrogens is 661 g/mol. The van der Waals surface area contributed by atoms with Gasteiger partial charge in [0.15, 0.2) is 0 Å². The fourth-order valence-electron chi connectivity index (χ4n) is 7.02. The molecule has 1 fully saturated rings. The summed E-state index contributed by atoms with van der Waals surface area (Å²) in [6.07, 6.45) is 6.77. The zero-order valence-corrected chi connectivity index (χ0v) is 29.8. The minimum absolute atomic E-state index is 0.0949. The lowest BCUT2D eigenvalue weighted by Crippen LogP contribution is -1.90. The van der Waals surface area contributed by atoms with Gasteiger partial charge in [-0.05, 0) is 111 Å². The Labute approximate surface area is 309 Å². The van der Waals surface area contributed by atoms with E-state index in [0.29, 0.717) is 0 Å². The quantitative estimate of drug-likeness (QED) is 0.109. The zero-order valence-electron chi connectivity index (χ0n) is 29.8. The van der Waals surface area contributed by atoms with Crippen molar-refractivity contribution < 1.29 is 19.1 Å². The lowest BCUT2D eigenvalue weighted by Gasteiger charge is -2.07. The number of ether oxygens (including phenoxy) is 3. The molecule has 1 heterocycles. The summed E-state index contributed by atoms with van der Waals surface area (Å²) in [5, 5.41) is 11.2. The maximum absolute atomic E-state index is 11.2. The number of para-hydroxylation sites is 2. The molecule has 0 aromatic heterocycles. The molecule has 0 unspecified atom stereocenters. The smallest absolute Gasteiger partial charge is 0.270 e. The van der Waals surface area contributed by atoms with Crippen molar-refractivity contribution in [3.63, 3.8) is 0 Å². The first kappa shape index (κ1) is 35.0. The fraction of sp³-hybridized carbons (Fsp3) is 0.130. The average Bonchev–Trinajstić information content (AvgIpc) is 3.95. The van der Waals surface area contributed by atoms with E-state index < -0.39 is 0 Å². The fourth-order valence-corrected chi connectivity index (χ4v) is 7.02. The number of hydrogen-bond donors (Lipinski definition) is 1. The van der Waals surface area contributed by atoms with Crippen LogP contribution in [0, 0.1) is 10.1 Å². The van der Waals surface area contributed by atoms with Gasteiger partial charge in [-0.25, -0.2) is 0 Å². The second-order valence-corrected chi connectivity index (χ2v) is 12.8. The first-order valence-electron chi connectivity index (χ1n) is 17.6. The molecule has 6 aromatic rings. The van der Waals surface area contributed by atoms with Gasteiger partial charge in [-0.3, -0.25) is 10.1 Å². The van der Waals surface area contributed by atoms with E-state index in [1.165, 1.54) is 40.7 Å². The number of methoxy groups -OCH3 is 2. The first-order chi connectivity index (χ1) is 26.0. The number of nitro benzene ring substituents is 1. The van der Waals surface area contributed by atoms with E-state index in [2.05, 4.69) is 48.5 Å². The second-order valence-electron chi connectivity index (χ2n) is 12.8. The molecule has 1 saturated heterocycles. The molecule has 0 atom stereocenters. The van der Waals surface area contributed by atoms with E-state index >= 15 is 0 Å². The van der Waals surface area contributed by atoms with E-state index in [4.69, 9.17) is 19.9 Å². The number of nitrogens with two attached hydrogens (primary N) is 1. The van der Waals surface area contributed by atoms with E-state index in [0.717, 1.165) is 69.4 Å². The summed E-state index contributed by atoms with van der Waals surface area (Å²) in [5.74, 6) is 1.64. The minimum atomic E-state index is -0.357. The predicted octanol–water partition coefficient (Wildman–Crippen LogP) is 10.8. The Morgan fingerprint density at radius 2 is 1.00 bits per heavy atom. The molecule has 7 nitrogen and oxygen atoms in total. The van der Waals surface area contributed by atoms with Crippen molar-refractivity contribution >= 4 is 34.7 Å². The van der Waals surface area contributed by atoms with E-state index in [9.17, 15) is 10.1 Å². The minimum Gasteiger partial charge on any atom is -0.496 e. The van der Waals surface area contributed by atoms with Gasteiger partial charge in [-0.2, -0.15) is 0 Å². The van der Waals surface area contributed by atoms with Gasteiger partial charge in [-0.15, -0.1) is 0 Å². The highest BCUT2D eigenvalue weighted by atomic mass is 16.6. The molecule has 264 valence electrons. The topological polar surface area (TPSA) is 96.9 Å². The lowest BCUT2D eigenvalue weighted by molar-refractivity contribution is -0.384. The Bertz CT molecular complexity index is 2350. The summed E-state index contributed by atoms with van der Waals surface area (Å²) in [6, 6.07) is 43.5. The van der Waals surface area contributed by atoms with Crippen LogP contribution in [-0.2, 0) is 4.74 Å². The van der Waals surface area contributed by atoms with Crippen LogP contribution in [-0.4, -0.2) is 32.4 Å². The molecule has 6 aromatic carbocycles. The number of non-ortho nitro benzene ring substituents is 1. The van der Waals surface area contributed by atoms with Crippen LogP contribution in [0.2, 0.25) is 0 Å². The molecule has 9 rings (SSSR count). The second kappa shape index (κ2) is 15.8. The maximum Gasteiger partial charge on any atom is 0.270 e. The van der Waals surface area contributed by atoms with Gasteiger partial charge in [0, 0.05) is 42.2 Å². The molecule has 2 aliphatic carbocycles. The molecule has 3 aliphatic rings. The number of nitrogens with zero attached hydrogens (tertiary/aromatic N) is 1. The van der Waals surface area contributed by atoms with Crippen molar-refractivity contribution in [1.82, 2.24) is 0 Å². The first-order valence-corrected chi connectivity index (χ1v) is 17.6. The van der Waals surface area contributed by atoms with Crippen LogP contribution in [0.4, 0.5) is 11.4 Å². The van der Waals surface area contributed by atoms with Crippen LogP contribution in [0.5, 0.6) is 11.5 Å². The summed E-state index contributed by atoms with van der Waals surface area (Å²) < 4.78 is 15.9. The normalized spacial score (nSPS) is 14.5. The monoisotopic (exact) mass is 700 g/mol. The molecule has 2 N–H and O–H groups in total. The van der Waals surface area contributed by atoms with Gasteiger partial charge in [0.1, 0.15) is 11.5 Å². The van der Waals surface area contributed by atoms with Crippen molar-refractivity contribution in [2.45, 2.75) is 12.8 Å². The molecule has 0 saturated carbocycles. The van der Waals surface area contributed by atoms with Crippen LogP contribution in [0.3, 0.4) is 0 Å². The van der Waals surface area contributed by atoms with Gasteiger partial charge in [-0.1, -0.05) is 91.0 Å². The standard InChI is InChI=1S/C21H15NO3.C21H17NO.C4H8O/c1-25-21-9-5-2-6-14(21)12-19-17-8-4-3-7-16(17)18-11-10-15(22(23)24)13-20(18)19;1-23-21-9-5-2-6-14(21)12-19-17-8-4-3-7-16(17)18-11-10-15(22)13-20(18)19;1-2-4-5-3-1/h2-13H,1H3;2-13H,22H2,1H3;1-4H2. The van der Waals surface area contributed by atoms with Crippen molar-refractivity contribution in [3.05, 3.63) is 177 Å². The molecule has 0 radical (unpaired) electrons. The molecule has 1 aliphatic heterocycles. The number of rotatable bonds is 5. The van der Waals surface area contributed by atoms with Crippen LogP contribution in [0.1, 0.15) is 46.2 Å². The van der Waals surface area contributed by atoms with Crippen molar-refractivity contribution in [3.8, 4) is 33.8 Å². The summed E-state index contributed by atoms with van der Waals surface area (Å²) in [7, 11) is 3.34. The number of anilines is 1. The molecule has 53 heavy (non-hydrogen) atoms. The van der Waals surface area contributed by atoms with Crippen LogP contribution in [0.15, 0.2) is 133 Å². The maximum atomic E-state index is 11.2. The van der Waals surface area contributed by atoms with Crippen LogP contribution in [0.25, 0.3) is 45.6 Å². The summed E-state index contributed by atoms with van der Waals surface area (Å²) in [5.41, 5.74) is 20.0. The van der Waals surface area contributed by atoms with Crippen LogP contribution >= 0.6 is 0 Å². The Morgan fingerprint density at radius 1 is 0.566 bits per heavy atom. The average molecular weight is 701 g/mol. The third-order valence-electron chi connectivity index (χ3n) is 9.56. The zero-order chi connectivity index (χ0) is 36.7. The molecule has 0 amide bonds. The van der Waals surface area contributed by atoms with E-state index in [1.54, 1.807) is 26.4 Å². The third-order valence-corrected chi connectivity index (χ3v) is 9.56. The summed E-state index contributed by atoms with van der Waals surface area (Å²) in [6.45, 7) is 2.00.